The molecule has 1 aliphatic heterocycles. The van der Waals surface area contributed by atoms with E-state index in [1.54, 1.807) is 24.3 Å². The molecule has 0 aromatic heterocycles. The van der Waals surface area contributed by atoms with Crippen LogP contribution < -0.4 is 0 Å². The second-order valence-corrected chi connectivity index (χ2v) is 7.94. The molecule has 3 rings (SSSR count). The maximum Gasteiger partial charge on any atom is 0.243 e. The fourth-order valence-corrected chi connectivity index (χ4v) is 4.17. The molecule has 0 bridgehead atoms. The van der Waals surface area contributed by atoms with Crippen molar-refractivity contribution in [2.24, 2.45) is 0 Å². The minimum absolute atomic E-state index is 0.236. The summed E-state index contributed by atoms with van der Waals surface area (Å²) in [6, 6.07) is 16.3. The maximum atomic E-state index is 12.7. The van der Waals surface area contributed by atoms with Crippen molar-refractivity contribution in [2.75, 3.05) is 19.7 Å². The Bertz CT molecular complexity index is 732. The molecule has 0 spiro atoms. The monoisotopic (exact) mass is 381 g/mol. The number of sulfonamides is 1. The summed E-state index contributed by atoms with van der Waals surface area (Å²) in [7, 11) is -3.47. The van der Waals surface area contributed by atoms with Crippen LogP contribution in [0, 0.1) is 0 Å². The van der Waals surface area contributed by atoms with E-state index in [-0.39, 0.29) is 6.10 Å². The van der Waals surface area contributed by atoms with Gasteiger partial charge in [-0.25, -0.2) is 8.42 Å². The van der Waals surface area contributed by atoms with Gasteiger partial charge in [-0.3, -0.25) is 0 Å². The zero-order chi connectivity index (χ0) is 15.6. The van der Waals surface area contributed by atoms with Gasteiger partial charge in [-0.15, -0.1) is 0 Å². The van der Waals surface area contributed by atoms with Gasteiger partial charge in [0.25, 0.3) is 0 Å². The van der Waals surface area contributed by atoms with Crippen LogP contribution in [0.3, 0.4) is 0 Å². The van der Waals surface area contributed by atoms with Gasteiger partial charge in [0, 0.05) is 17.6 Å². The number of morpholine rings is 1. The number of benzene rings is 2. The number of hydrogen-bond donors (Lipinski definition) is 0. The lowest BCUT2D eigenvalue weighted by atomic mass is 10.1. The lowest BCUT2D eigenvalue weighted by Crippen LogP contribution is -2.42. The highest BCUT2D eigenvalue weighted by atomic mass is 79.9. The molecule has 1 heterocycles. The molecule has 22 heavy (non-hydrogen) atoms. The highest BCUT2D eigenvalue weighted by Gasteiger charge is 2.31. The van der Waals surface area contributed by atoms with Crippen molar-refractivity contribution < 1.29 is 13.2 Å². The highest BCUT2D eigenvalue weighted by Crippen LogP contribution is 2.27. The van der Waals surface area contributed by atoms with E-state index in [0.29, 0.717) is 24.6 Å². The summed E-state index contributed by atoms with van der Waals surface area (Å²) >= 11 is 3.40. The fraction of sp³-hybridized carbons (Fsp3) is 0.250. The Labute approximate surface area is 138 Å². The third kappa shape index (κ3) is 3.25. The summed E-state index contributed by atoms with van der Waals surface area (Å²) in [6.07, 6.45) is -0.236. The van der Waals surface area contributed by atoms with Crippen molar-refractivity contribution in [2.45, 2.75) is 11.0 Å². The van der Waals surface area contributed by atoms with Crippen LogP contribution in [0.2, 0.25) is 0 Å². The van der Waals surface area contributed by atoms with Crippen molar-refractivity contribution in [3.63, 3.8) is 0 Å². The van der Waals surface area contributed by atoms with Crippen LogP contribution in [0.25, 0.3) is 0 Å². The largest absolute Gasteiger partial charge is 0.371 e. The van der Waals surface area contributed by atoms with Crippen LogP contribution in [0.4, 0.5) is 0 Å². The van der Waals surface area contributed by atoms with Crippen LogP contribution in [0.5, 0.6) is 0 Å². The lowest BCUT2D eigenvalue weighted by molar-refractivity contribution is -0.00256. The second-order valence-electron chi connectivity index (χ2n) is 5.09. The van der Waals surface area contributed by atoms with Crippen molar-refractivity contribution in [3.8, 4) is 0 Å². The number of nitrogens with zero attached hydrogens (tertiary/aromatic N) is 1. The molecule has 1 unspecified atom stereocenters. The summed E-state index contributed by atoms with van der Waals surface area (Å²) in [4.78, 5) is 0.325. The standard InChI is InChI=1S/C16H16BrNO3S/c17-14-8-6-13(7-9-14)16-12-18(10-11-21-16)22(19,20)15-4-2-1-3-5-15/h1-9,16H,10-12H2. The molecule has 4 nitrogen and oxygen atoms in total. The first-order valence-electron chi connectivity index (χ1n) is 6.99. The van der Waals surface area contributed by atoms with Gasteiger partial charge in [-0.2, -0.15) is 4.31 Å². The van der Waals surface area contributed by atoms with E-state index < -0.39 is 10.0 Å². The smallest absolute Gasteiger partial charge is 0.243 e. The lowest BCUT2D eigenvalue weighted by Gasteiger charge is -2.32. The Morgan fingerprint density at radius 2 is 1.73 bits per heavy atom. The summed E-state index contributed by atoms with van der Waals surface area (Å²) < 4.78 is 33.6. The zero-order valence-corrected chi connectivity index (χ0v) is 14.3. The van der Waals surface area contributed by atoms with Crippen LogP contribution >= 0.6 is 15.9 Å². The maximum absolute atomic E-state index is 12.7. The quantitative estimate of drug-likeness (QED) is 0.819. The summed E-state index contributed by atoms with van der Waals surface area (Å²) in [5.41, 5.74) is 0.983. The normalized spacial score (nSPS) is 20.0. The summed E-state index contributed by atoms with van der Waals surface area (Å²) in [6.45, 7) is 1.11. The Morgan fingerprint density at radius 1 is 1.05 bits per heavy atom. The summed E-state index contributed by atoms with van der Waals surface area (Å²) in [5.74, 6) is 0. The van der Waals surface area contributed by atoms with Crippen LogP contribution in [-0.2, 0) is 14.8 Å². The molecule has 0 N–H and O–H groups in total. The molecule has 2 aromatic carbocycles. The molecule has 0 radical (unpaired) electrons. The zero-order valence-electron chi connectivity index (χ0n) is 11.9. The van der Waals surface area contributed by atoms with Gasteiger partial charge in [0.2, 0.25) is 10.0 Å². The van der Waals surface area contributed by atoms with E-state index in [9.17, 15) is 8.42 Å². The van der Waals surface area contributed by atoms with Crippen molar-refractivity contribution in [1.29, 1.82) is 0 Å². The number of halogens is 1. The minimum atomic E-state index is -3.47. The Hall–Kier alpha value is -1.21. The van der Waals surface area contributed by atoms with E-state index in [1.807, 2.05) is 30.3 Å². The summed E-state index contributed by atoms with van der Waals surface area (Å²) in [5, 5.41) is 0. The van der Waals surface area contributed by atoms with Gasteiger partial charge in [-0.05, 0) is 29.8 Å². The Kier molecular flexibility index (Phi) is 4.63. The van der Waals surface area contributed by atoms with Crippen molar-refractivity contribution in [3.05, 3.63) is 64.6 Å². The molecule has 0 saturated carbocycles. The molecule has 1 fully saturated rings. The first-order chi connectivity index (χ1) is 10.6. The number of rotatable bonds is 3. The van der Waals surface area contributed by atoms with Gasteiger partial charge >= 0.3 is 0 Å². The van der Waals surface area contributed by atoms with E-state index in [4.69, 9.17) is 4.74 Å². The van der Waals surface area contributed by atoms with E-state index in [2.05, 4.69) is 15.9 Å². The molecule has 0 amide bonds. The molecule has 1 atom stereocenters. The predicted molar refractivity (Wildman–Crippen MR) is 88.0 cm³/mol. The average molecular weight is 382 g/mol. The van der Waals surface area contributed by atoms with Crippen LogP contribution in [0.1, 0.15) is 11.7 Å². The van der Waals surface area contributed by atoms with Crippen molar-refractivity contribution >= 4 is 26.0 Å². The molecule has 1 aliphatic rings. The number of ether oxygens (including phenoxy) is 1. The Balaban J connectivity index is 1.82. The van der Waals surface area contributed by atoms with Crippen LogP contribution in [-0.4, -0.2) is 32.4 Å². The molecular formula is C16H16BrNO3S. The fourth-order valence-electron chi connectivity index (χ4n) is 2.46. The molecule has 116 valence electrons. The van der Waals surface area contributed by atoms with Gasteiger partial charge in [0.15, 0.2) is 0 Å². The van der Waals surface area contributed by atoms with Crippen molar-refractivity contribution in [1.82, 2.24) is 4.31 Å². The Morgan fingerprint density at radius 3 is 2.41 bits per heavy atom. The van der Waals surface area contributed by atoms with Gasteiger partial charge in [-0.1, -0.05) is 46.3 Å². The van der Waals surface area contributed by atoms with Gasteiger partial charge < -0.3 is 4.74 Å². The molecule has 0 aliphatic carbocycles. The van der Waals surface area contributed by atoms with Gasteiger partial charge in [0.1, 0.15) is 0 Å². The number of hydrogen-bond acceptors (Lipinski definition) is 3. The first kappa shape index (κ1) is 15.7. The van der Waals surface area contributed by atoms with E-state index in [0.717, 1.165) is 10.0 Å². The predicted octanol–water partition coefficient (Wildman–Crippen LogP) is 3.21. The van der Waals surface area contributed by atoms with E-state index in [1.165, 1.54) is 4.31 Å². The van der Waals surface area contributed by atoms with Crippen LogP contribution in [0.15, 0.2) is 64.0 Å². The topological polar surface area (TPSA) is 46.6 Å². The molecular weight excluding hydrogens is 366 g/mol. The molecule has 1 saturated heterocycles. The highest BCUT2D eigenvalue weighted by molar-refractivity contribution is 9.10. The third-order valence-electron chi connectivity index (χ3n) is 3.65. The van der Waals surface area contributed by atoms with Gasteiger partial charge in [0.05, 0.1) is 17.6 Å². The molecule has 2 aromatic rings. The third-order valence-corrected chi connectivity index (χ3v) is 6.06. The van der Waals surface area contributed by atoms with E-state index >= 15 is 0 Å². The molecule has 6 heteroatoms. The first-order valence-corrected chi connectivity index (χ1v) is 9.23. The second kappa shape index (κ2) is 6.50. The average Bonchev–Trinajstić information content (AvgIpc) is 2.56. The SMILES string of the molecule is O=S(=O)(c1ccccc1)N1CCOC(c2ccc(Br)cc2)C1. The minimum Gasteiger partial charge on any atom is -0.371 e.